The Labute approximate surface area is 142 Å². The molecule has 3 saturated heterocycles. The lowest BCUT2D eigenvalue weighted by Gasteiger charge is -2.49. The van der Waals surface area contributed by atoms with Gasteiger partial charge in [0, 0.05) is 23.8 Å². The summed E-state index contributed by atoms with van der Waals surface area (Å²) in [5.41, 5.74) is 3.28. The number of rotatable bonds is 2. The van der Waals surface area contributed by atoms with Gasteiger partial charge in [0.2, 0.25) is 0 Å². The molecule has 1 aromatic carbocycles. The molecule has 0 saturated carbocycles. The quantitative estimate of drug-likeness (QED) is 0.924. The first kappa shape index (κ1) is 15.4. The number of benzene rings is 1. The Morgan fingerprint density at radius 3 is 2.71 bits per heavy atom. The van der Waals surface area contributed by atoms with Crippen molar-refractivity contribution in [3.8, 4) is 11.1 Å². The minimum absolute atomic E-state index is 0.125. The van der Waals surface area contributed by atoms with Crippen LogP contribution in [0.4, 0.5) is 4.79 Å². The van der Waals surface area contributed by atoms with Gasteiger partial charge in [-0.15, -0.1) is 0 Å². The zero-order valence-corrected chi connectivity index (χ0v) is 14.3. The van der Waals surface area contributed by atoms with Crippen LogP contribution in [0.2, 0.25) is 0 Å². The molecule has 2 aromatic rings. The van der Waals surface area contributed by atoms with Crippen LogP contribution in [-0.2, 0) is 0 Å². The van der Waals surface area contributed by atoms with E-state index in [2.05, 4.69) is 41.3 Å². The Hall–Kier alpha value is -2.14. The fraction of sp³-hybridized carbons (Fsp3) is 0.474. The average molecular weight is 324 g/mol. The van der Waals surface area contributed by atoms with Crippen LogP contribution < -0.4 is 5.32 Å². The topological polar surface area (TPSA) is 50.2 Å². The number of piperidine rings is 3. The largest absolute Gasteiger partial charge is 0.342 e. The predicted molar refractivity (Wildman–Crippen MR) is 93.9 cm³/mol. The number of amides is 1. The minimum atomic E-state index is -0.125. The van der Waals surface area contributed by atoms with E-state index in [0.29, 0.717) is 12.0 Å². The van der Waals surface area contributed by atoms with Gasteiger partial charge >= 0.3 is 6.03 Å². The monoisotopic (exact) mass is 324 g/mol. The lowest BCUT2D eigenvalue weighted by atomic mass is 9.79. The van der Waals surface area contributed by atoms with Gasteiger partial charge in [-0.3, -0.25) is 4.90 Å². The molecule has 3 aliphatic heterocycles. The molecule has 3 fully saturated rings. The van der Waals surface area contributed by atoms with Gasteiger partial charge in [0.15, 0.2) is 0 Å². The molecule has 1 N–H and O–H groups in total. The first-order valence-electron chi connectivity index (χ1n) is 8.79. The van der Waals surface area contributed by atoms with Crippen LogP contribution in [0.5, 0.6) is 0 Å². The number of fused-ring (bicyclic) bond motifs is 3. The third kappa shape index (κ3) is 2.63. The molecule has 0 radical (unpaired) electrons. The van der Waals surface area contributed by atoms with Gasteiger partial charge < -0.3 is 5.32 Å². The van der Waals surface area contributed by atoms with Gasteiger partial charge in [-0.25, -0.2) is 4.79 Å². The molecule has 0 aliphatic carbocycles. The molecule has 24 heavy (non-hydrogen) atoms. The lowest BCUT2D eigenvalue weighted by Crippen LogP contribution is -2.62. The van der Waals surface area contributed by atoms with E-state index in [-0.39, 0.29) is 12.1 Å². The highest BCUT2D eigenvalue weighted by molar-refractivity contribution is 5.78. The molecular formula is C19H24N4O. The van der Waals surface area contributed by atoms with Crippen molar-refractivity contribution in [1.29, 1.82) is 0 Å². The SMILES string of the molecule is Cc1ccccc1-c1cnn(C(=O)N[C@@H]2C3CCN(CC3)[C@H]2C)c1. The van der Waals surface area contributed by atoms with Crippen molar-refractivity contribution in [2.75, 3.05) is 13.1 Å². The number of carbonyl (C=O) groups is 1. The van der Waals surface area contributed by atoms with Gasteiger partial charge in [-0.1, -0.05) is 24.3 Å². The minimum Gasteiger partial charge on any atom is -0.332 e. The Morgan fingerprint density at radius 1 is 1.25 bits per heavy atom. The highest BCUT2D eigenvalue weighted by Gasteiger charge is 2.40. The number of nitrogens with zero attached hydrogens (tertiary/aromatic N) is 3. The van der Waals surface area contributed by atoms with Crippen LogP contribution in [0.25, 0.3) is 11.1 Å². The third-order valence-corrected chi connectivity index (χ3v) is 5.71. The number of hydrogen-bond acceptors (Lipinski definition) is 3. The van der Waals surface area contributed by atoms with Crippen molar-refractivity contribution in [2.45, 2.75) is 38.8 Å². The van der Waals surface area contributed by atoms with E-state index >= 15 is 0 Å². The molecule has 5 heteroatoms. The van der Waals surface area contributed by atoms with Crippen LogP contribution in [0.3, 0.4) is 0 Å². The molecule has 5 nitrogen and oxygen atoms in total. The number of aryl methyl sites for hydroxylation is 1. The number of hydrogen-bond donors (Lipinski definition) is 1. The van der Waals surface area contributed by atoms with E-state index in [9.17, 15) is 4.79 Å². The van der Waals surface area contributed by atoms with Gasteiger partial charge in [0.05, 0.1) is 6.20 Å². The van der Waals surface area contributed by atoms with Crippen LogP contribution in [0, 0.1) is 12.8 Å². The van der Waals surface area contributed by atoms with Crippen molar-refractivity contribution in [3.63, 3.8) is 0 Å². The summed E-state index contributed by atoms with van der Waals surface area (Å²) in [6.45, 7) is 6.62. The van der Waals surface area contributed by atoms with E-state index in [1.165, 1.54) is 23.1 Å². The summed E-state index contributed by atoms with van der Waals surface area (Å²) in [7, 11) is 0. The Bertz CT molecular complexity index is 743. The molecule has 5 rings (SSSR count). The Kier molecular flexibility index (Phi) is 3.88. The zero-order chi connectivity index (χ0) is 16.7. The molecule has 1 amide bonds. The standard InChI is InChI=1S/C19H24N4O/c1-13-5-3-4-6-17(13)16-11-20-23(12-16)19(24)21-18-14(2)22-9-7-15(18)8-10-22/h3-6,11-12,14-15,18H,7-10H2,1-2H3,(H,21,24)/t14-,18-/m0/s1. The fourth-order valence-corrected chi connectivity index (χ4v) is 4.22. The molecule has 4 heterocycles. The number of nitrogens with one attached hydrogen (secondary N) is 1. The van der Waals surface area contributed by atoms with E-state index in [4.69, 9.17) is 0 Å². The highest BCUT2D eigenvalue weighted by atomic mass is 16.2. The summed E-state index contributed by atoms with van der Waals surface area (Å²) in [5, 5.41) is 7.49. The lowest BCUT2D eigenvalue weighted by molar-refractivity contribution is 0.0266. The van der Waals surface area contributed by atoms with Crippen molar-refractivity contribution >= 4 is 6.03 Å². The van der Waals surface area contributed by atoms with Crippen molar-refractivity contribution < 1.29 is 4.79 Å². The summed E-state index contributed by atoms with van der Waals surface area (Å²) in [6.07, 6.45) is 5.96. The third-order valence-electron chi connectivity index (χ3n) is 5.71. The second-order valence-electron chi connectivity index (χ2n) is 7.08. The first-order chi connectivity index (χ1) is 11.6. The van der Waals surface area contributed by atoms with Gasteiger partial charge in [-0.2, -0.15) is 9.78 Å². The molecule has 0 spiro atoms. The average Bonchev–Trinajstić information content (AvgIpc) is 3.09. The predicted octanol–water partition coefficient (Wildman–Crippen LogP) is 2.90. The van der Waals surface area contributed by atoms with Crippen LogP contribution in [0.15, 0.2) is 36.7 Å². The summed E-state index contributed by atoms with van der Waals surface area (Å²) < 4.78 is 1.44. The van der Waals surface area contributed by atoms with Crippen molar-refractivity contribution in [2.24, 2.45) is 5.92 Å². The van der Waals surface area contributed by atoms with Gasteiger partial charge in [0.25, 0.3) is 0 Å². The normalized spacial score (nSPS) is 28.8. The van der Waals surface area contributed by atoms with E-state index in [1.54, 1.807) is 6.20 Å². The summed E-state index contributed by atoms with van der Waals surface area (Å²) in [6, 6.07) is 8.67. The van der Waals surface area contributed by atoms with Gasteiger partial charge in [-0.05, 0) is 56.8 Å². The molecule has 2 bridgehead atoms. The summed E-state index contributed by atoms with van der Waals surface area (Å²) in [5.74, 6) is 0.598. The second kappa shape index (κ2) is 6.06. The first-order valence-corrected chi connectivity index (χ1v) is 8.79. The fourth-order valence-electron chi connectivity index (χ4n) is 4.22. The molecule has 0 unspecified atom stereocenters. The van der Waals surface area contributed by atoms with E-state index < -0.39 is 0 Å². The van der Waals surface area contributed by atoms with Crippen LogP contribution in [0.1, 0.15) is 25.3 Å². The highest BCUT2D eigenvalue weighted by Crippen LogP contribution is 2.32. The Balaban J connectivity index is 1.51. The summed E-state index contributed by atoms with van der Waals surface area (Å²) in [4.78, 5) is 15.1. The molecule has 3 aliphatic rings. The maximum atomic E-state index is 12.6. The maximum Gasteiger partial charge on any atom is 0.342 e. The maximum absolute atomic E-state index is 12.6. The van der Waals surface area contributed by atoms with Crippen molar-refractivity contribution in [1.82, 2.24) is 20.0 Å². The summed E-state index contributed by atoms with van der Waals surface area (Å²) >= 11 is 0. The van der Waals surface area contributed by atoms with Crippen LogP contribution >= 0.6 is 0 Å². The van der Waals surface area contributed by atoms with Crippen LogP contribution in [-0.4, -0.2) is 45.9 Å². The molecular weight excluding hydrogens is 300 g/mol. The number of aromatic nitrogens is 2. The molecule has 1 aromatic heterocycles. The Morgan fingerprint density at radius 2 is 2.00 bits per heavy atom. The zero-order valence-electron chi connectivity index (χ0n) is 14.3. The second-order valence-corrected chi connectivity index (χ2v) is 7.08. The number of carbonyl (C=O) groups excluding carboxylic acids is 1. The van der Waals surface area contributed by atoms with E-state index in [0.717, 1.165) is 24.2 Å². The van der Waals surface area contributed by atoms with E-state index in [1.807, 2.05) is 18.3 Å². The smallest absolute Gasteiger partial charge is 0.332 e. The molecule has 126 valence electrons. The van der Waals surface area contributed by atoms with Gasteiger partial charge in [0.1, 0.15) is 0 Å². The molecule has 2 atom stereocenters. The van der Waals surface area contributed by atoms with Crippen molar-refractivity contribution in [3.05, 3.63) is 42.2 Å².